The van der Waals surface area contributed by atoms with E-state index in [1.807, 2.05) is 0 Å². The lowest BCUT2D eigenvalue weighted by molar-refractivity contribution is 0.209. The Morgan fingerprint density at radius 3 is 1.94 bits per heavy atom. The minimum absolute atomic E-state index is 0.716. The fourth-order valence-corrected chi connectivity index (χ4v) is 2.07. The van der Waals surface area contributed by atoms with E-state index >= 15 is 0 Å². The van der Waals surface area contributed by atoms with Crippen molar-refractivity contribution in [3.63, 3.8) is 0 Å². The average molecular weight is 227 g/mol. The number of hydrogen-bond donors (Lipinski definition) is 0. The molecule has 0 amide bonds. The molecule has 0 unspecified atom stereocenters. The van der Waals surface area contributed by atoms with Crippen LogP contribution in [-0.2, 0) is 0 Å². The van der Waals surface area contributed by atoms with E-state index < -0.39 is 0 Å². The summed E-state index contributed by atoms with van der Waals surface area (Å²) >= 11 is 0. The third-order valence-corrected chi connectivity index (χ3v) is 3.26. The summed E-state index contributed by atoms with van der Waals surface area (Å²) in [4.78, 5) is 2.65. The van der Waals surface area contributed by atoms with Gasteiger partial charge in [-0.3, -0.25) is 0 Å². The predicted molar refractivity (Wildman–Crippen MR) is 74.9 cm³/mol. The molecule has 0 aromatic heterocycles. The van der Waals surface area contributed by atoms with Crippen molar-refractivity contribution in [3.8, 4) is 0 Å². The molecule has 0 fully saturated rings. The molecule has 0 aromatic rings. The van der Waals surface area contributed by atoms with Crippen LogP contribution in [0.5, 0.6) is 0 Å². The highest BCUT2D eigenvalue weighted by Crippen LogP contribution is 2.09. The van der Waals surface area contributed by atoms with Crippen LogP contribution >= 0.6 is 0 Å². The quantitative estimate of drug-likeness (QED) is 0.488. The molecule has 1 heteroatoms. The van der Waals surface area contributed by atoms with Gasteiger partial charge in [-0.15, -0.1) is 0 Å². The third-order valence-electron chi connectivity index (χ3n) is 3.26. The van der Waals surface area contributed by atoms with Gasteiger partial charge in [-0.1, -0.05) is 40.0 Å². The topological polar surface area (TPSA) is 3.24 Å². The molecule has 0 atom stereocenters. The van der Waals surface area contributed by atoms with Crippen molar-refractivity contribution < 1.29 is 0 Å². The van der Waals surface area contributed by atoms with E-state index in [0.717, 1.165) is 5.92 Å². The van der Waals surface area contributed by atoms with Crippen LogP contribution < -0.4 is 0 Å². The third kappa shape index (κ3) is 9.21. The Hall–Kier alpha value is -0.0400. The van der Waals surface area contributed by atoms with Crippen LogP contribution in [0.2, 0.25) is 0 Å². The van der Waals surface area contributed by atoms with E-state index in [9.17, 15) is 0 Å². The van der Waals surface area contributed by atoms with Gasteiger partial charge >= 0.3 is 0 Å². The maximum Gasteiger partial charge on any atom is 0.00385 e. The fraction of sp³-hybridized carbons (Fsp3) is 1.00. The Labute approximate surface area is 104 Å². The Balaban J connectivity index is 3.63. The Kier molecular flexibility index (Phi) is 10.1. The summed E-state index contributed by atoms with van der Waals surface area (Å²) in [6.07, 6.45) is 8.27. The molecular weight excluding hydrogens is 194 g/mol. The van der Waals surface area contributed by atoms with Crippen LogP contribution in [0.15, 0.2) is 0 Å². The molecule has 0 saturated heterocycles. The first-order chi connectivity index (χ1) is 7.57. The van der Waals surface area contributed by atoms with Crippen molar-refractivity contribution in [1.82, 2.24) is 4.90 Å². The van der Waals surface area contributed by atoms with Gasteiger partial charge in [0.1, 0.15) is 0 Å². The van der Waals surface area contributed by atoms with Crippen LogP contribution in [0.1, 0.15) is 73.1 Å². The van der Waals surface area contributed by atoms with Crippen LogP contribution in [0.3, 0.4) is 0 Å². The van der Waals surface area contributed by atoms with Crippen LogP contribution in [-0.4, -0.2) is 24.0 Å². The molecular formula is C15H33N. The number of hydrogen-bond acceptors (Lipinski definition) is 1. The van der Waals surface area contributed by atoms with E-state index in [2.05, 4.69) is 39.5 Å². The summed E-state index contributed by atoms with van der Waals surface area (Å²) in [5.41, 5.74) is 0. The lowest BCUT2D eigenvalue weighted by Gasteiger charge is -2.26. The highest BCUT2D eigenvalue weighted by molar-refractivity contribution is 4.63. The Morgan fingerprint density at radius 2 is 1.44 bits per heavy atom. The van der Waals surface area contributed by atoms with E-state index in [4.69, 9.17) is 0 Å². The van der Waals surface area contributed by atoms with Crippen LogP contribution in [0.25, 0.3) is 0 Å². The van der Waals surface area contributed by atoms with Crippen molar-refractivity contribution in [3.05, 3.63) is 0 Å². The number of unbranched alkanes of at least 4 members (excludes halogenated alkanes) is 3. The summed E-state index contributed by atoms with van der Waals surface area (Å²) < 4.78 is 0. The van der Waals surface area contributed by atoms with Crippen LogP contribution in [0.4, 0.5) is 0 Å². The van der Waals surface area contributed by atoms with Crippen LogP contribution in [0, 0.1) is 5.92 Å². The SMILES string of the molecule is CCCCCCN(CCCC(C)C)C(C)C. The van der Waals surface area contributed by atoms with E-state index in [1.54, 1.807) is 0 Å². The lowest BCUT2D eigenvalue weighted by Crippen LogP contribution is -2.32. The van der Waals surface area contributed by atoms with E-state index in [1.165, 1.54) is 51.6 Å². The standard InChI is InChI=1S/C15H33N/c1-6-7-8-9-12-16(15(4)5)13-10-11-14(2)3/h14-15H,6-13H2,1-5H3. The highest BCUT2D eigenvalue weighted by Gasteiger charge is 2.08. The lowest BCUT2D eigenvalue weighted by atomic mass is 10.1. The first kappa shape index (κ1) is 16.0. The van der Waals surface area contributed by atoms with Crippen molar-refractivity contribution in [2.45, 2.75) is 79.2 Å². The maximum absolute atomic E-state index is 2.65. The molecule has 0 aliphatic heterocycles. The highest BCUT2D eigenvalue weighted by atomic mass is 15.1. The minimum atomic E-state index is 0.716. The molecule has 0 saturated carbocycles. The second-order valence-corrected chi connectivity index (χ2v) is 5.73. The molecule has 0 rings (SSSR count). The smallest absolute Gasteiger partial charge is 0.00385 e. The summed E-state index contributed by atoms with van der Waals surface area (Å²) in [6, 6.07) is 0.716. The van der Waals surface area contributed by atoms with Crippen molar-refractivity contribution in [2.24, 2.45) is 5.92 Å². The fourth-order valence-electron chi connectivity index (χ4n) is 2.07. The molecule has 0 aromatic carbocycles. The van der Waals surface area contributed by atoms with Gasteiger partial charge in [-0.25, -0.2) is 0 Å². The zero-order chi connectivity index (χ0) is 12.4. The first-order valence-electron chi connectivity index (χ1n) is 7.32. The molecule has 0 bridgehead atoms. The normalized spacial score (nSPS) is 12.0. The number of rotatable bonds is 10. The summed E-state index contributed by atoms with van der Waals surface area (Å²) in [5.74, 6) is 0.856. The monoisotopic (exact) mass is 227 g/mol. The maximum atomic E-state index is 2.65. The zero-order valence-corrected chi connectivity index (χ0v) is 12.3. The molecule has 0 heterocycles. The van der Waals surface area contributed by atoms with Crippen molar-refractivity contribution in [2.75, 3.05) is 13.1 Å². The predicted octanol–water partition coefficient (Wildman–Crippen LogP) is 4.71. The van der Waals surface area contributed by atoms with Gasteiger partial charge in [0.2, 0.25) is 0 Å². The molecule has 0 aliphatic carbocycles. The first-order valence-corrected chi connectivity index (χ1v) is 7.32. The molecule has 0 aliphatic rings. The van der Waals surface area contributed by atoms with Crippen molar-refractivity contribution >= 4 is 0 Å². The second-order valence-electron chi connectivity index (χ2n) is 5.73. The molecule has 0 N–H and O–H groups in total. The molecule has 0 spiro atoms. The second kappa shape index (κ2) is 10.1. The summed E-state index contributed by atoms with van der Waals surface area (Å²) in [6.45, 7) is 14.2. The average Bonchev–Trinajstić information content (AvgIpc) is 2.20. The van der Waals surface area contributed by atoms with Gasteiger partial charge in [0, 0.05) is 6.04 Å². The minimum Gasteiger partial charge on any atom is -0.301 e. The summed E-state index contributed by atoms with van der Waals surface area (Å²) in [5, 5.41) is 0. The van der Waals surface area contributed by atoms with Gasteiger partial charge in [0.05, 0.1) is 0 Å². The molecule has 98 valence electrons. The number of nitrogens with zero attached hydrogens (tertiary/aromatic N) is 1. The molecule has 0 radical (unpaired) electrons. The molecule has 16 heavy (non-hydrogen) atoms. The van der Waals surface area contributed by atoms with Crippen molar-refractivity contribution in [1.29, 1.82) is 0 Å². The van der Waals surface area contributed by atoms with Gasteiger partial charge in [-0.2, -0.15) is 0 Å². The largest absolute Gasteiger partial charge is 0.301 e. The van der Waals surface area contributed by atoms with Gasteiger partial charge in [-0.05, 0) is 52.1 Å². The Morgan fingerprint density at radius 1 is 0.812 bits per heavy atom. The van der Waals surface area contributed by atoms with Gasteiger partial charge < -0.3 is 4.90 Å². The zero-order valence-electron chi connectivity index (χ0n) is 12.3. The van der Waals surface area contributed by atoms with Gasteiger partial charge in [0.15, 0.2) is 0 Å². The Bertz CT molecular complexity index is 140. The van der Waals surface area contributed by atoms with E-state index in [0.29, 0.717) is 6.04 Å². The molecule has 1 nitrogen and oxygen atoms in total. The van der Waals surface area contributed by atoms with Gasteiger partial charge in [0.25, 0.3) is 0 Å². The summed E-state index contributed by atoms with van der Waals surface area (Å²) in [7, 11) is 0. The van der Waals surface area contributed by atoms with E-state index in [-0.39, 0.29) is 0 Å².